The lowest BCUT2D eigenvalue weighted by atomic mass is 10.1. The van der Waals surface area contributed by atoms with Crippen LogP contribution in [0.1, 0.15) is 5.56 Å². The average molecular weight is 474 g/mol. The molecule has 4 aromatic rings. The molecule has 4 rings (SSSR count). The predicted octanol–water partition coefficient (Wildman–Crippen LogP) is 7.24. The Balaban J connectivity index is 1.88. The molecule has 7 heteroatoms. The van der Waals surface area contributed by atoms with Crippen molar-refractivity contribution in [3.63, 3.8) is 0 Å². The van der Waals surface area contributed by atoms with Gasteiger partial charge in [-0.3, -0.25) is 4.68 Å². The lowest BCUT2D eigenvalue weighted by molar-refractivity contribution is 0.415. The molecule has 0 bridgehead atoms. The first-order chi connectivity index (χ1) is 15.0. The Morgan fingerprint density at radius 3 is 2.10 bits per heavy atom. The number of nitrogens with zero attached hydrogens (tertiary/aromatic N) is 2. The van der Waals surface area contributed by atoms with E-state index in [0.717, 1.165) is 33.9 Å². The summed E-state index contributed by atoms with van der Waals surface area (Å²) < 4.78 is 12.6. The van der Waals surface area contributed by atoms with Crippen molar-refractivity contribution in [2.45, 2.75) is 6.54 Å². The summed E-state index contributed by atoms with van der Waals surface area (Å²) in [5.41, 5.74) is 4.05. The van der Waals surface area contributed by atoms with Gasteiger partial charge in [-0.2, -0.15) is 5.10 Å². The fraction of sp³-hybridized carbons (Fsp3) is 0.125. The van der Waals surface area contributed by atoms with Crippen molar-refractivity contribution in [3.8, 4) is 34.0 Å². The molecule has 0 radical (unpaired) electrons. The second-order valence-corrected chi connectivity index (χ2v) is 8.09. The first-order valence-electron chi connectivity index (χ1n) is 9.49. The topological polar surface area (TPSA) is 36.3 Å². The third-order valence-electron chi connectivity index (χ3n) is 4.92. The lowest BCUT2D eigenvalue weighted by Crippen LogP contribution is -2.05. The van der Waals surface area contributed by atoms with E-state index < -0.39 is 0 Å². The molecule has 0 aliphatic carbocycles. The molecular weight excluding hydrogens is 455 g/mol. The third kappa shape index (κ3) is 4.52. The number of aromatic nitrogens is 2. The summed E-state index contributed by atoms with van der Waals surface area (Å²) in [5, 5.41) is 6.53. The van der Waals surface area contributed by atoms with Gasteiger partial charge in [-0.25, -0.2) is 0 Å². The van der Waals surface area contributed by atoms with Crippen molar-refractivity contribution >= 4 is 34.8 Å². The zero-order chi connectivity index (χ0) is 22.0. The summed E-state index contributed by atoms with van der Waals surface area (Å²) in [5.74, 6) is 1.46. The van der Waals surface area contributed by atoms with E-state index in [0.29, 0.717) is 27.3 Å². The first-order valence-corrected chi connectivity index (χ1v) is 10.6. The van der Waals surface area contributed by atoms with Crippen LogP contribution >= 0.6 is 34.8 Å². The number of hydrogen-bond donors (Lipinski definition) is 0. The van der Waals surface area contributed by atoms with Crippen molar-refractivity contribution in [3.05, 3.63) is 87.4 Å². The van der Waals surface area contributed by atoms with Crippen LogP contribution in [-0.2, 0) is 6.54 Å². The molecule has 0 N–H and O–H groups in total. The summed E-state index contributed by atoms with van der Waals surface area (Å²) in [6.07, 6.45) is 0. The van der Waals surface area contributed by atoms with Crippen LogP contribution in [0.15, 0.2) is 66.7 Å². The van der Waals surface area contributed by atoms with Crippen molar-refractivity contribution in [2.75, 3.05) is 14.2 Å². The monoisotopic (exact) mass is 472 g/mol. The van der Waals surface area contributed by atoms with E-state index in [4.69, 9.17) is 49.4 Å². The summed E-state index contributed by atoms with van der Waals surface area (Å²) in [4.78, 5) is 0. The summed E-state index contributed by atoms with van der Waals surface area (Å²) >= 11 is 19.4. The van der Waals surface area contributed by atoms with Gasteiger partial charge < -0.3 is 9.47 Å². The first kappa shape index (κ1) is 21.6. The normalized spacial score (nSPS) is 10.9. The van der Waals surface area contributed by atoms with Crippen LogP contribution in [0.2, 0.25) is 15.1 Å². The molecule has 158 valence electrons. The molecule has 0 spiro atoms. The SMILES string of the molecule is COc1cccc(-c2nn(Cc3ccc(Cl)cc3Cl)c(-c3cccc(OC)c3)c2Cl)c1. The summed E-state index contributed by atoms with van der Waals surface area (Å²) in [7, 11) is 3.26. The highest BCUT2D eigenvalue weighted by atomic mass is 35.5. The largest absolute Gasteiger partial charge is 0.497 e. The Bertz CT molecular complexity index is 1240. The molecule has 0 aliphatic rings. The van der Waals surface area contributed by atoms with E-state index in [1.165, 1.54) is 0 Å². The van der Waals surface area contributed by atoms with Crippen LogP contribution < -0.4 is 9.47 Å². The van der Waals surface area contributed by atoms with Crippen LogP contribution in [0.5, 0.6) is 11.5 Å². The Hall–Kier alpha value is -2.66. The van der Waals surface area contributed by atoms with E-state index in [1.807, 2.05) is 65.3 Å². The van der Waals surface area contributed by atoms with Crippen LogP contribution in [0.25, 0.3) is 22.5 Å². The Morgan fingerprint density at radius 2 is 1.45 bits per heavy atom. The highest BCUT2D eigenvalue weighted by molar-refractivity contribution is 6.36. The van der Waals surface area contributed by atoms with Crippen LogP contribution in [-0.4, -0.2) is 24.0 Å². The fourth-order valence-electron chi connectivity index (χ4n) is 3.37. The van der Waals surface area contributed by atoms with Gasteiger partial charge in [-0.05, 0) is 42.0 Å². The minimum Gasteiger partial charge on any atom is -0.497 e. The predicted molar refractivity (Wildman–Crippen MR) is 127 cm³/mol. The zero-order valence-electron chi connectivity index (χ0n) is 16.9. The minimum atomic E-state index is 0.423. The summed E-state index contributed by atoms with van der Waals surface area (Å²) in [6, 6.07) is 20.8. The van der Waals surface area contributed by atoms with Gasteiger partial charge in [0.25, 0.3) is 0 Å². The molecule has 0 atom stereocenters. The molecule has 1 heterocycles. The van der Waals surface area contributed by atoms with Crippen LogP contribution in [0, 0.1) is 0 Å². The van der Waals surface area contributed by atoms with Crippen LogP contribution in [0.3, 0.4) is 0 Å². The van der Waals surface area contributed by atoms with Gasteiger partial charge in [0, 0.05) is 21.2 Å². The molecule has 0 saturated carbocycles. The smallest absolute Gasteiger partial charge is 0.119 e. The van der Waals surface area contributed by atoms with Gasteiger partial charge >= 0.3 is 0 Å². The van der Waals surface area contributed by atoms with Gasteiger partial charge in [0.05, 0.1) is 31.5 Å². The van der Waals surface area contributed by atoms with Crippen LogP contribution in [0.4, 0.5) is 0 Å². The molecule has 0 aliphatic heterocycles. The van der Waals surface area contributed by atoms with E-state index in [2.05, 4.69) is 0 Å². The molecule has 0 amide bonds. The van der Waals surface area contributed by atoms with Gasteiger partial charge in [0.1, 0.15) is 17.2 Å². The molecule has 0 saturated heterocycles. The van der Waals surface area contributed by atoms with E-state index >= 15 is 0 Å². The minimum absolute atomic E-state index is 0.423. The van der Waals surface area contributed by atoms with Crippen molar-refractivity contribution in [2.24, 2.45) is 0 Å². The number of rotatable bonds is 6. The molecule has 0 fully saturated rings. The van der Waals surface area contributed by atoms with E-state index in [-0.39, 0.29) is 0 Å². The zero-order valence-corrected chi connectivity index (χ0v) is 19.2. The highest BCUT2D eigenvalue weighted by Crippen LogP contribution is 2.39. The molecule has 4 nitrogen and oxygen atoms in total. The van der Waals surface area contributed by atoms with E-state index in [1.54, 1.807) is 20.3 Å². The van der Waals surface area contributed by atoms with Crippen molar-refractivity contribution in [1.82, 2.24) is 9.78 Å². The van der Waals surface area contributed by atoms with Crippen molar-refractivity contribution < 1.29 is 9.47 Å². The Morgan fingerprint density at radius 1 is 0.806 bits per heavy atom. The summed E-state index contributed by atoms with van der Waals surface area (Å²) in [6.45, 7) is 0.423. The second-order valence-electron chi connectivity index (χ2n) is 6.87. The maximum atomic E-state index is 6.90. The average Bonchev–Trinajstić information content (AvgIpc) is 3.11. The number of hydrogen-bond acceptors (Lipinski definition) is 3. The van der Waals surface area contributed by atoms with E-state index in [9.17, 15) is 0 Å². The second kappa shape index (κ2) is 9.23. The quantitative estimate of drug-likeness (QED) is 0.296. The van der Waals surface area contributed by atoms with Gasteiger partial charge in [0.15, 0.2) is 0 Å². The fourth-order valence-corrected chi connectivity index (χ4v) is 4.19. The standard InChI is InChI=1S/C24H19Cl3N2O2/c1-30-19-7-3-5-15(11-19)23-22(27)24(16-6-4-8-20(12-16)31-2)29(28-23)14-17-9-10-18(25)13-21(17)26/h3-13H,14H2,1-2H3. The molecule has 3 aromatic carbocycles. The molecule has 31 heavy (non-hydrogen) atoms. The van der Waals surface area contributed by atoms with Gasteiger partial charge in [-0.15, -0.1) is 0 Å². The highest BCUT2D eigenvalue weighted by Gasteiger charge is 2.21. The molecule has 0 unspecified atom stereocenters. The number of methoxy groups -OCH3 is 2. The van der Waals surface area contributed by atoms with Gasteiger partial charge in [0.2, 0.25) is 0 Å². The van der Waals surface area contributed by atoms with Gasteiger partial charge in [-0.1, -0.05) is 65.1 Å². The number of halogens is 3. The third-order valence-corrected chi connectivity index (χ3v) is 5.86. The number of ether oxygens (including phenoxy) is 2. The molecular formula is C24H19Cl3N2O2. The maximum absolute atomic E-state index is 6.90. The number of benzene rings is 3. The Kier molecular flexibility index (Phi) is 6.42. The maximum Gasteiger partial charge on any atom is 0.119 e. The van der Waals surface area contributed by atoms with Crippen molar-refractivity contribution in [1.29, 1.82) is 0 Å². The Labute approximate surface area is 195 Å². The molecule has 1 aromatic heterocycles. The lowest BCUT2D eigenvalue weighted by Gasteiger charge is -2.11.